The molecular formula is C13H15ClN2O3. The third kappa shape index (κ3) is 3.24. The Balaban J connectivity index is 2.05. The van der Waals surface area contributed by atoms with Gasteiger partial charge in [-0.3, -0.25) is 14.4 Å². The Labute approximate surface area is 116 Å². The molecule has 2 amide bonds. The molecule has 1 aromatic carbocycles. The van der Waals surface area contributed by atoms with Crippen LogP contribution in [-0.2, 0) is 14.4 Å². The summed E-state index contributed by atoms with van der Waals surface area (Å²) in [6, 6.07) is 7.03. The van der Waals surface area contributed by atoms with Crippen molar-refractivity contribution in [3.63, 3.8) is 0 Å². The standard InChI is InChI=1S/C13H15ClN2O3/c1-2-19-15-13(18)9-6-12(17)16(8-9)11-5-3-4-10(14)7-11/h3-5,7,9H,2,6,8H2,1H3,(H,15,18)/t9-/m0/s1. The quantitative estimate of drug-likeness (QED) is 0.856. The molecule has 1 saturated heterocycles. The molecule has 1 aliphatic heterocycles. The van der Waals surface area contributed by atoms with Crippen molar-refractivity contribution in [1.82, 2.24) is 5.48 Å². The molecule has 1 N–H and O–H groups in total. The van der Waals surface area contributed by atoms with Crippen LogP contribution in [0, 0.1) is 5.92 Å². The topological polar surface area (TPSA) is 58.6 Å². The molecule has 1 fully saturated rings. The molecule has 0 aromatic heterocycles. The van der Waals surface area contributed by atoms with Crippen molar-refractivity contribution in [3.8, 4) is 0 Å². The monoisotopic (exact) mass is 282 g/mol. The Morgan fingerprint density at radius 3 is 3.05 bits per heavy atom. The summed E-state index contributed by atoms with van der Waals surface area (Å²) in [5, 5.41) is 0.563. The Morgan fingerprint density at radius 1 is 1.58 bits per heavy atom. The highest BCUT2D eigenvalue weighted by Gasteiger charge is 2.35. The predicted molar refractivity (Wildman–Crippen MR) is 71.7 cm³/mol. The number of carbonyl (C=O) groups is 2. The molecule has 1 aliphatic rings. The van der Waals surface area contributed by atoms with Crippen molar-refractivity contribution >= 4 is 29.1 Å². The minimum atomic E-state index is -0.391. The highest BCUT2D eigenvalue weighted by atomic mass is 35.5. The largest absolute Gasteiger partial charge is 0.312 e. The predicted octanol–water partition coefficient (Wildman–Crippen LogP) is 1.76. The van der Waals surface area contributed by atoms with Gasteiger partial charge >= 0.3 is 0 Å². The second-order valence-electron chi connectivity index (χ2n) is 4.28. The van der Waals surface area contributed by atoms with Crippen molar-refractivity contribution in [1.29, 1.82) is 0 Å². The maximum absolute atomic E-state index is 11.9. The summed E-state index contributed by atoms with van der Waals surface area (Å²) in [7, 11) is 0. The summed E-state index contributed by atoms with van der Waals surface area (Å²) in [5.41, 5.74) is 3.05. The maximum Gasteiger partial charge on any atom is 0.248 e. The Hall–Kier alpha value is -1.59. The molecule has 0 radical (unpaired) electrons. The third-order valence-electron chi connectivity index (χ3n) is 2.93. The normalized spacial score (nSPS) is 18.7. The van der Waals surface area contributed by atoms with Gasteiger partial charge in [0.1, 0.15) is 0 Å². The molecule has 2 rings (SSSR count). The van der Waals surface area contributed by atoms with E-state index in [4.69, 9.17) is 16.4 Å². The first-order valence-corrected chi connectivity index (χ1v) is 6.47. The van der Waals surface area contributed by atoms with Crippen LogP contribution in [0.1, 0.15) is 13.3 Å². The molecule has 1 heterocycles. The molecule has 0 aliphatic carbocycles. The van der Waals surface area contributed by atoms with Gasteiger partial charge in [-0.2, -0.15) is 0 Å². The first-order valence-electron chi connectivity index (χ1n) is 6.09. The summed E-state index contributed by atoms with van der Waals surface area (Å²) in [6.07, 6.45) is 0.186. The number of amides is 2. The number of carbonyl (C=O) groups excluding carboxylic acids is 2. The van der Waals surface area contributed by atoms with Crippen LogP contribution in [0.3, 0.4) is 0 Å². The van der Waals surface area contributed by atoms with E-state index in [-0.39, 0.29) is 18.2 Å². The highest BCUT2D eigenvalue weighted by Crippen LogP contribution is 2.27. The van der Waals surface area contributed by atoms with E-state index in [1.165, 1.54) is 0 Å². The number of anilines is 1. The van der Waals surface area contributed by atoms with Gasteiger partial charge in [-0.25, -0.2) is 5.48 Å². The van der Waals surface area contributed by atoms with Crippen molar-refractivity contribution < 1.29 is 14.4 Å². The molecule has 0 spiro atoms. The van der Waals surface area contributed by atoms with Crippen LogP contribution >= 0.6 is 11.6 Å². The number of hydroxylamine groups is 1. The number of nitrogens with zero attached hydrogens (tertiary/aromatic N) is 1. The number of nitrogens with one attached hydrogen (secondary N) is 1. The molecule has 5 nitrogen and oxygen atoms in total. The lowest BCUT2D eigenvalue weighted by molar-refractivity contribution is -0.137. The Morgan fingerprint density at radius 2 is 2.37 bits per heavy atom. The van der Waals surface area contributed by atoms with E-state index in [0.29, 0.717) is 23.9 Å². The van der Waals surface area contributed by atoms with Crippen molar-refractivity contribution in [2.24, 2.45) is 5.92 Å². The second-order valence-corrected chi connectivity index (χ2v) is 4.72. The fraction of sp³-hybridized carbons (Fsp3) is 0.385. The van der Waals surface area contributed by atoms with Crippen LogP contribution in [0.2, 0.25) is 5.02 Å². The van der Waals surface area contributed by atoms with Crippen LogP contribution in [0.5, 0.6) is 0 Å². The molecule has 102 valence electrons. The fourth-order valence-corrected chi connectivity index (χ4v) is 2.19. The van der Waals surface area contributed by atoms with Gasteiger partial charge in [0, 0.05) is 23.7 Å². The molecule has 1 atom stereocenters. The number of benzene rings is 1. The molecule has 1 aromatic rings. The highest BCUT2D eigenvalue weighted by molar-refractivity contribution is 6.30. The van der Waals surface area contributed by atoms with Gasteiger partial charge in [0.05, 0.1) is 12.5 Å². The van der Waals surface area contributed by atoms with Crippen LogP contribution in [-0.4, -0.2) is 25.0 Å². The molecular weight excluding hydrogens is 268 g/mol. The number of hydrogen-bond donors (Lipinski definition) is 1. The van der Waals surface area contributed by atoms with Crippen LogP contribution < -0.4 is 10.4 Å². The third-order valence-corrected chi connectivity index (χ3v) is 3.17. The van der Waals surface area contributed by atoms with Crippen LogP contribution in [0.25, 0.3) is 0 Å². The summed E-state index contributed by atoms with van der Waals surface area (Å²) < 4.78 is 0. The van der Waals surface area contributed by atoms with Gasteiger partial charge in [0.2, 0.25) is 11.8 Å². The molecule has 0 saturated carbocycles. The molecule has 0 unspecified atom stereocenters. The minimum Gasteiger partial charge on any atom is -0.312 e. The number of hydrogen-bond acceptors (Lipinski definition) is 3. The molecule has 0 bridgehead atoms. The smallest absolute Gasteiger partial charge is 0.248 e. The lowest BCUT2D eigenvalue weighted by Crippen LogP contribution is -2.33. The van der Waals surface area contributed by atoms with Gasteiger partial charge in [-0.05, 0) is 25.1 Å². The van der Waals surface area contributed by atoms with Crippen LogP contribution in [0.15, 0.2) is 24.3 Å². The van der Waals surface area contributed by atoms with E-state index < -0.39 is 5.92 Å². The lowest BCUT2D eigenvalue weighted by atomic mass is 10.1. The van der Waals surface area contributed by atoms with E-state index in [1.54, 1.807) is 36.1 Å². The van der Waals surface area contributed by atoms with E-state index in [0.717, 1.165) is 0 Å². The van der Waals surface area contributed by atoms with Gasteiger partial charge in [-0.1, -0.05) is 17.7 Å². The van der Waals surface area contributed by atoms with Crippen molar-refractivity contribution in [3.05, 3.63) is 29.3 Å². The first-order chi connectivity index (χ1) is 9.11. The lowest BCUT2D eigenvalue weighted by Gasteiger charge is -2.16. The zero-order valence-electron chi connectivity index (χ0n) is 10.6. The molecule has 19 heavy (non-hydrogen) atoms. The average Bonchev–Trinajstić information content (AvgIpc) is 2.78. The number of halogens is 1. The SMILES string of the molecule is CCONC(=O)[C@H]1CC(=O)N(c2cccc(Cl)c2)C1. The van der Waals surface area contributed by atoms with Crippen molar-refractivity contribution in [2.45, 2.75) is 13.3 Å². The maximum atomic E-state index is 11.9. The van der Waals surface area contributed by atoms with E-state index in [1.807, 2.05) is 0 Å². The molecule has 6 heteroatoms. The van der Waals surface area contributed by atoms with Gasteiger partial charge in [0.15, 0.2) is 0 Å². The number of rotatable bonds is 4. The summed E-state index contributed by atoms with van der Waals surface area (Å²) in [6.45, 7) is 2.51. The van der Waals surface area contributed by atoms with E-state index in [2.05, 4.69) is 5.48 Å². The van der Waals surface area contributed by atoms with E-state index >= 15 is 0 Å². The summed E-state index contributed by atoms with van der Waals surface area (Å²) in [4.78, 5) is 30.1. The van der Waals surface area contributed by atoms with Crippen molar-refractivity contribution in [2.75, 3.05) is 18.1 Å². The van der Waals surface area contributed by atoms with E-state index in [9.17, 15) is 9.59 Å². The first kappa shape index (κ1) is 13.8. The fourth-order valence-electron chi connectivity index (χ4n) is 2.00. The summed E-state index contributed by atoms with van der Waals surface area (Å²) >= 11 is 5.90. The minimum absolute atomic E-state index is 0.0843. The zero-order chi connectivity index (χ0) is 13.8. The Bertz CT molecular complexity index is 493. The van der Waals surface area contributed by atoms with Crippen LogP contribution in [0.4, 0.5) is 5.69 Å². The summed E-state index contributed by atoms with van der Waals surface area (Å²) in [5.74, 6) is -0.739. The zero-order valence-corrected chi connectivity index (χ0v) is 11.3. The van der Waals surface area contributed by atoms with Gasteiger partial charge < -0.3 is 4.90 Å². The van der Waals surface area contributed by atoms with Gasteiger partial charge in [-0.15, -0.1) is 0 Å². The van der Waals surface area contributed by atoms with Gasteiger partial charge in [0.25, 0.3) is 0 Å². The Kier molecular flexibility index (Phi) is 4.39. The second kappa shape index (κ2) is 6.04. The average molecular weight is 283 g/mol.